The minimum Gasteiger partial charge on any atom is -0.407 e. The second kappa shape index (κ2) is 12.7. The van der Waals surface area contributed by atoms with Gasteiger partial charge >= 0.3 is 5.97 Å². The Morgan fingerprint density at radius 1 is 1.00 bits per heavy atom. The highest BCUT2D eigenvalue weighted by atomic mass is 16.5. The van der Waals surface area contributed by atoms with Gasteiger partial charge in [0, 0.05) is 37.2 Å². The quantitative estimate of drug-likeness (QED) is 0.226. The summed E-state index contributed by atoms with van der Waals surface area (Å²) in [5.74, 6) is 1.51. The van der Waals surface area contributed by atoms with Gasteiger partial charge in [-0.15, -0.1) is 0 Å². The number of anilines is 1. The van der Waals surface area contributed by atoms with Crippen LogP contribution in [0.2, 0.25) is 0 Å². The Balaban J connectivity index is 1.10. The van der Waals surface area contributed by atoms with Crippen molar-refractivity contribution in [3.05, 3.63) is 93.8 Å². The molecular formula is C41H50N4O2. The van der Waals surface area contributed by atoms with Gasteiger partial charge in [0.25, 0.3) is 0 Å². The molecule has 1 aromatic carbocycles. The predicted molar refractivity (Wildman–Crippen MR) is 190 cm³/mol. The van der Waals surface area contributed by atoms with Gasteiger partial charge in [0.05, 0.1) is 16.6 Å². The van der Waals surface area contributed by atoms with E-state index < -0.39 is 11.0 Å². The van der Waals surface area contributed by atoms with Gasteiger partial charge in [0.2, 0.25) is 5.88 Å². The molecule has 1 fully saturated rings. The third-order valence-corrected chi connectivity index (χ3v) is 11.6. The first-order valence-corrected chi connectivity index (χ1v) is 17.9. The molecule has 7 rings (SSSR count). The highest BCUT2D eigenvalue weighted by molar-refractivity contribution is 5.79. The molecule has 246 valence electrons. The van der Waals surface area contributed by atoms with Crippen LogP contribution in [0.15, 0.2) is 65.8 Å². The molecule has 2 bridgehead atoms. The van der Waals surface area contributed by atoms with Crippen molar-refractivity contribution in [1.29, 1.82) is 0 Å². The fourth-order valence-electron chi connectivity index (χ4n) is 8.83. The zero-order valence-electron chi connectivity index (χ0n) is 28.7. The molecule has 3 heterocycles. The summed E-state index contributed by atoms with van der Waals surface area (Å²) in [4.78, 5) is 26.5. The van der Waals surface area contributed by atoms with Gasteiger partial charge in [-0.05, 0) is 112 Å². The third-order valence-electron chi connectivity index (χ3n) is 11.6. The first kappa shape index (κ1) is 31.8. The summed E-state index contributed by atoms with van der Waals surface area (Å²) in [7, 11) is 0. The van der Waals surface area contributed by atoms with Crippen LogP contribution in [0.5, 0.6) is 5.88 Å². The first-order chi connectivity index (χ1) is 22.7. The van der Waals surface area contributed by atoms with Crippen molar-refractivity contribution in [1.82, 2.24) is 9.97 Å². The average Bonchev–Trinajstić information content (AvgIpc) is 3.04. The van der Waals surface area contributed by atoms with Crippen LogP contribution in [-0.4, -0.2) is 29.0 Å². The number of aromatic nitrogens is 2. The Kier molecular flexibility index (Phi) is 8.58. The highest BCUT2D eigenvalue weighted by Crippen LogP contribution is 2.48. The van der Waals surface area contributed by atoms with Crippen molar-refractivity contribution in [2.45, 2.75) is 104 Å². The lowest BCUT2D eigenvalue weighted by Gasteiger charge is -2.45. The van der Waals surface area contributed by atoms with Crippen LogP contribution >= 0.6 is 0 Å². The Morgan fingerprint density at radius 2 is 1.74 bits per heavy atom. The molecule has 47 heavy (non-hydrogen) atoms. The standard InChI is InChI=1S/C41H50N4O2/c1-5-33-30-23-28(4)26-41(33,42)34-17-18-38(44-36(34)24-30)47-39(46)40(6-2)19-21-45(22-20-40)37-25-32(29-15-13-27(3)14-16-29)31-11-9-7-8-10-12-35(31)43-37/h5,13-18,23,25,30H,6-12,19-22,24,26,42H2,1-4H3/b33-5+/t30-,41?/m1/s1. The van der Waals surface area contributed by atoms with E-state index >= 15 is 0 Å². The number of esters is 1. The minimum absolute atomic E-state index is 0.165. The third kappa shape index (κ3) is 5.83. The van der Waals surface area contributed by atoms with Gasteiger partial charge in [-0.2, -0.15) is 0 Å². The topological polar surface area (TPSA) is 81.3 Å². The van der Waals surface area contributed by atoms with Crippen molar-refractivity contribution in [2.24, 2.45) is 17.1 Å². The van der Waals surface area contributed by atoms with E-state index in [1.165, 1.54) is 64.8 Å². The summed E-state index contributed by atoms with van der Waals surface area (Å²) in [6.45, 7) is 10.0. The number of benzene rings is 1. The number of piperidine rings is 1. The number of nitrogens with zero attached hydrogens (tertiary/aromatic N) is 3. The van der Waals surface area contributed by atoms with E-state index in [1.807, 2.05) is 12.1 Å². The van der Waals surface area contributed by atoms with Crippen LogP contribution in [-0.2, 0) is 29.6 Å². The van der Waals surface area contributed by atoms with E-state index in [4.69, 9.17) is 20.4 Å². The molecule has 6 nitrogen and oxygen atoms in total. The number of hydrogen-bond acceptors (Lipinski definition) is 6. The molecule has 1 aliphatic heterocycles. The summed E-state index contributed by atoms with van der Waals surface area (Å²) in [6, 6.07) is 15.1. The van der Waals surface area contributed by atoms with Gasteiger partial charge in [-0.25, -0.2) is 9.97 Å². The molecule has 2 aromatic heterocycles. The van der Waals surface area contributed by atoms with Crippen molar-refractivity contribution >= 4 is 11.8 Å². The number of carbonyl (C=O) groups is 1. The predicted octanol–water partition coefficient (Wildman–Crippen LogP) is 8.34. The normalized spacial score (nSPS) is 24.4. The molecule has 4 aliphatic rings. The Bertz CT molecular complexity index is 1730. The molecule has 1 unspecified atom stereocenters. The van der Waals surface area contributed by atoms with Gasteiger partial charge in [-0.3, -0.25) is 4.79 Å². The minimum atomic E-state index is -0.541. The van der Waals surface area contributed by atoms with Crippen molar-refractivity contribution in [3.63, 3.8) is 0 Å². The number of allylic oxidation sites excluding steroid dienone is 2. The molecule has 0 saturated carbocycles. The maximum absolute atomic E-state index is 13.9. The fraction of sp³-hybridized carbons (Fsp3) is 0.488. The Labute approximate surface area is 280 Å². The van der Waals surface area contributed by atoms with Gasteiger partial charge in [-0.1, -0.05) is 67.3 Å². The molecule has 0 radical (unpaired) electrons. The lowest BCUT2D eigenvalue weighted by atomic mass is 9.63. The Morgan fingerprint density at radius 3 is 2.47 bits per heavy atom. The molecule has 3 aliphatic carbocycles. The van der Waals surface area contributed by atoms with Gasteiger partial charge in [0.1, 0.15) is 5.82 Å². The maximum Gasteiger partial charge on any atom is 0.318 e. The monoisotopic (exact) mass is 630 g/mol. The summed E-state index contributed by atoms with van der Waals surface area (Å²) in [5.41, 5.74) is 17.1. The average molecular weight is 631 g/mol. The van der Waals surface area contributed by atoms with E-state index in [2.05, 4.69) is 75.1 Å². The van der Waals surface area contributed by atoms with Crippen LogP contribution in [0.1, 0.15) is 100 Å². The SMILES string of the molecule is C/C=C1\[C@@H]2C=C(C)CC1(N)c1ccc(OC(=O)C3(CC)CCN(c4cc(-c5ccc(C)cc5)c5c(n4)CCCCCC5)CC3)nc1C2. The number of nitrogens with two attached hydrogens (primary N) is 1. The number of ether oxygens (including phenoxy) is 1. The number of carbonyl (C=O) groups excluding carboxylic acids is 1. The summed E-state index contributed by atoms with van der Waals surface area (Å²) in [6.07, 6.45) is 15.4. The van der Waals surface area contributed by atoms with Crippen LogP contribution in [0, 0.1) is 18.3 Å². The summed E-state index contributed by atoms with van der Waals surface area (Å²) >= 11 is 0. The molecular weight excluding hydrogens is 580 g/mol. The fourth-order valence-corrected chi connectivity index (χ4v) is 8.83. The van der Waals surface area contributed by atoms with E-state index in [0.717, 1.165) is 75.1 Å². The molecule has 0 amide bonds. The molecule has 0 spiro atoms. The smallest absolute Gasteiger partial charge is 0.318 e. The number of hydrogen-bond donors (Lipinski definition) is 1. The number of aryl methyl sites for hydroxylation is 2. The molecule has 1 saturated heterocycles. The first-order valence-electron chi connectivity index (χ1n) is 17.9. The largest absolute Gasteiger partial charge is 0.407 e. The molecule has 3 aromatic rings. The van der Waals surface area contributed by atoms with E-state index in [-0.39, 0.29) is 11.9 Å². The van der Waals surface area contributed by atoms with E-state index in [1.54, 1.807) is 0 Å². The molecule has 2 atom stereocenters. The van der Waals surface area contributed by atoms with Gasteiger partial charge in [0.15, 0.2) is 0 Å². The molecule has 6 heteroatoms. The number of rotatable bonds is 5. The molecule has 2 N–H and O–H groups in total. The second-order valence-corrected chi connectivity index (χ2v) is 14.6. The van der Waals surface area contributed by atoms with E-state index in [0.29, 0.717) is 5.88 Å². The second-order valence-electron chi connectivity index (χ2n) is 14.6. The van der Waals surface area contributed by atoms with Crippen LogP contribution in [0.4, 0.5) is 5.82 Å². The summed E-state index contributed by atoms with van der Waals surface area (Å²) in [5, 5.41) is 0. The van der Waals surface area contributed by atoms with Crippen LogP contribution < -0.4 is 15.4 Å². The lowest BCUT2D eigenvalue weighted by molar-refractivity contribution is -0.147. The summed E-state index contributed by atoms with van der Waals surface area (Å²) < 4.78 is 6.12. The van der Waals surface area contributed by atoms with Crippen LogP contribution in [0.25, 0.3) is 11.1 Å². The van der Waals surface area contributed by atoms with Crippen molar-refractivity contribution < 1.29 is 9.53 Å². The number of pyridine rings is 2. The van der Waals surface area contributed by atoms with Crippen molar-refractivity contribution in [2.75, 3.05) is 18.0 Å². The number of fused-ring (bicyclic) bond motifs is 5. The highest BCUT2D eigenvalue weighted by Gasteiger charge is 2.45. The lowest BCUT2D eigenvalue weighted by Crippen LogP contribution is -2.48. The zero-order chi connectivity index (χ0) is 32.8. The van der Waals surface area contributed by atoms with Crippen LogP contribution in [0.3, 0.4) is 0 Å². The van der Waals surface area contributed by atoms with Crippen molar-refractivity contribution in [3.8, 4) is 17.0 Å². The maximum atomic E-state index is 13.9. The Hall–Kier alpha value is -3.77. The van der Waals surface area contributed by atoms with Gasteiger partial charge < -0.3 is 15.4 Å². The zero-order valence-corrected chi connectivity index (χ0v) is 28.7. The van der Waals surface area contributed by atoms with E-state index in [9.17, 15) is 4.79 Å².